The number of carbonyl (C=O) groups is 4. The van der Waals surface area contributed by atoms with E-state index in [4.69, 9.17) is 0 Å². The second kappa shape index (κ2) is 20.7. The molecule has 6 aromatic heterocycles. The van der Waals surface area contributed by atoms with Crippen LogP contribution in [-0.2, 0) is 6.54 Å². The summed E-state index contributed by atoms with van der Waals surface area (Å²) in [5, 5.41) is 14.4. The third-order valence-electron chi connectivity index (χ3n) is 11.7. The van der Waals surface area contributed by atoms with Crippen LogP contribution in [0.15, 0.2) is 168 Å². The number of hydrogen-bond acceptors (Lipinski definition) is 16. The molecular formula is C49H43N13O4S3. The fourth-order valence-electron chi connectivity index (χ4n) is 8.40. The van der Waals surface area contributed by atoms with Crippen LogP contribution < -0.4 is 20.9 Å². The second-order valence-corrected chi connectivity index (χ2v) is 19.1. The van der Waals surface area contributed by atoms with Gasteiger partial charge in [-0.15, -0.1) is 34.0 Å². The van der Waals surface area contributed by atoms with E-state index < -0.39 is 0 Å². The lowest BCUT2D eigenvalue weighted by Gasteiger charge is -2.17. The maximum Gasteiger partial charge on any atom is 0.273 e. The molecule has 0 atom stereocenters. The van der Waals surface area contributed by atoms with E-state index in [1.165, 1.54) is 50.7 Å². The zero-order valence-electron chi connectivity index (χ0n) is 36.9. The van der Waals surface area contributed by atoms with Crippen molar-refractivity contribution in [2.45, 2.75) is 6.54 Å². The highest BCUT2D eigenvalue weighted by atomic mass is 32.1. The molecule has 6 aliphatic rings. The van der Waals surface area contributed by atoms with E-state index in [2.05, 4.69) is 60.7 Å². The van der Waals surface area contributed by atoms with Crippen molar-refractivity contribution in [3.63, 3.8) is 0 Å². The minimum absolute atomic E-state index is 0.0734. The van der Waals surface area contributed by atoms with Crippen LogP contribution in [0.2, 0.25) is 0 Å². The molecule has 0 fully saturated rings. The normalized spacial score (nSPS) is 16.7. The molecule has 69 heavy (non-hydrogen) atoms. The number of nitrogens with one attached hydrogen (secondary N) is 3. The maximum atomic E-state index is 12.5. The Balaban J connectivity index is 0.000000120. The summed E-state index contributed by atoms with van der Waals surface area (Å²) in [4.78, 5) is 87.6. The molecule has 0 radical (unpaired) electrons. The fraction of sp³-hybridized carbons (Fsp3) is 0.204. The highest BCUT2D eigenvalue weighted by Crippen LogP contribution is 2.28. The van der Waals surface area contributed by atoms with Crippen LogP contribution in [0.5, 0.6) is 0 Å². The van der Waals surface area contributed by atoms with Crippen LogP contribution in [0.1, 0.15) is 45.2 Å². The SMILES string of the molecule is O=C(NC1=NCC2=C1CN(C(=O)c1ccccn1)C2)c1cccs1.O=C(NC1=NCC2=C1CN(Cc1ccccn1)C2)c1cccs1.O=C(NC1=NCC2=C1CN(c1ncccn1)C2)c1cccs1. The largest absolute Gasteiger partial charge is 0.332 e. The topological polar surface area (TPSA) is 203 Å². The summed E-state index contributed by atoms with van der Waals surface area (Å²) in [7, 11) is 0. The van der Waals surface area contributed by atoms with Gasteiger partial charge in [-0.3, -0.25) is 49.0 Å². The summed E-state index contributed by atoms with van der Waals surface area (Å²) in [6.45, 7) is 6.82. The van der Waals surface area contributed by atoms with Crippen LogP contribution in [0.25, 0.3) is 0 Å². The summed E-state index contributed by atoms with van der Waals surface area (Å²) in [5.41, 5.74) is 8.33. The van der Waals surface area contributed by atoms with Gasteiger partial charge in [-0.25, -0.2) is 9.97 Å². The lowest BCUT2D eigenvalue weighted by Crippen LogP contribution is -2.35. The summed E-state index contributed by atoms with van der Waals surface area (Å²) in [6, 6.07) is 24.1. The maximum absolute atomic E-state index is 12.5. The quantitative estimate of drug-likeness (QED) is 0.188. The Morgan fingerprint density at radius 1 is 0.493 bits per heavy atom. The van der Waals surface area contributed by atoms with Crippen LogP contribution >= 0.6 is 34.0 Å². The molecule has 20 heteroatoms. The third-order valence-corrected chi connectivity index (χ3v) is 14.3. The number of anilines is 1. The lowest BCUT2D eigenvalue weighted by atomic mass is 10.2. The first-order chi connectivity index (χ1) is 33.8. The predicted octanol–water partition coefficient (Wildman–Crippen LogP) is 5.33. The lowest BCUT2D eigenvalue weighted by molar-refractivity contribution is 0.0790. The molecule has 0 spiro atoms. The van der Waals surface area contributed by atoms with Crippen LogP contribution in [0.3, 0.4) is 0 Å². The molecule has 6 aromatic rings. The Kier molecular flexibility index (Phi) is 13.5. The first-order valence-corrected chi connectivity index (χ1v) is 24.6. The molecule has 12 heterocycles. The van der Waals surface area contributed by atoms with Gasteiger partial charge in [-0.2, -0.15) is 0 Å². The van der Waals surface area contributed by atoms with Crippen molar-refractivity contribution < 1.29 is 19.2 Å². The van der Waals surface area contributed by atoms with Crippen molar-refractivity contribution in [2.24, 2.45) is 15.0 Å². The highest BCUT2D eigenvalue weighted by molar-refractivity contribution is 7.12. The Morgan fingerprint density at radius 2 is 1.00 bits per heavy atom. The number of amidine groups is 3. The average molecular weight is 974 g/mol. The van der Waals surface area contributed by atoms with Crippen molar-refractivity contribution in [3.8, 4) is 0 Å². The summed E-state index contributed by atoms with van der Waals surface area (Å²) < 4.78 is 0. The molecule has 0 saturated heterocycles. The second-order valence-electron chi connectivity index (χ2n) is 16.3. The Labute approximate surface area is 408 Å². The molecule has 0 bridgehead atoms. The minimum Gasteiger partial charge on any atom is -0.332 e. The van der Waals surface area contributed by atoms with Gasteiger partial charge >= 0.3 is 0 Å². The average Bonchev–Trinajstić information content (AvgIpc) is 4.22. The van der Waals surface area contributed by atoms with Gasteiger partial charge in [0.25, 0.3) is 23.6 Å². The van der Waals surface area contributed by atoms with E-state index in [0.717, 1.165) is 54.4 Å². The fourth-order valence-corrected chi connectivity index (χ4v) is 10.3. The van der Waals surface area contributed by atoms with Crippen molar-refractivity contribution >= 4 is 81.1 Å². The Morgan fingerprint density at radius 3 is 1.52 bits per heavy atom. The Hall–Kier alpha value is -7.65. The first kappa shape index (κ1) is 45.1. The van der Waals surface area contributed by atoms with Crippen LogP contribution in [0.4, 0.5) is 5.95 Å². The number of rotatable bonds is 7. The van der Waals surface area contributed by atoms with E-state index in [1.807, 2.05) is 70.9 Å². The summed E-state index contributed by atoms with van der Waals surface area (Å²) in [6.07, 6.45) is 6.90. The van der Waals surface area contributed by atoms with Crippen molar-refractivity contribution in [1.82, 2.24) is 45.7 Å². The van der Waals surface area contributed by atoms with E-state index in [9.17, 15) is 19.2 Å². The minimum atomic E-state index is -0.160. The van der Waals surface area contributed by atoms with Gasteiger partial charge in [0.1, 0.15) is 23.2 Å². The standard InChI is InChI=1S/C17H14N4O2S.C17H16N4OS.C15H13N5OS/c22-16(14-5-3-7-24-14)20-15-12-10-21(9-11(12)8-19-15)17(23)13-4-1-2-6-18-13;22-17(15-5-3-7-23-15)20-16-14-11-21(9-12(14)8-19-16)10-13-4-1-2-6-18-13;21-14(12-3-1-6-22-12)19-13-11-9-20(8-10(11)7-18-13)15-16-4-2-5-17-15/h1-7H,8-10H2,(H,19,20,22);1-7H,8-11H2,(H,19,20,22);1-6H,7-9H2,(H,18,19,21). The molecule has 6 aliphatic heterocycles. The number of nitrogens with zero attached hydrogens (tertiary/aromatic N) is 10. The highest BCUT2D eigenvalue weighted by Gasteiger charge is 2.34. The summed E-state index contributed by atoms with van der Waals surface area (Å²) in [5.74, 6) is 2.28. The molecule has 0 unspecified atom stereocenters. The van der Waals surface area contributed by atoms with Crippen LogP contribution in [-0.4, -0.2) is 130 Å². The van der Waals surface area contributed by atoms with Crippen molar-refractivity contribution in [1.29, 1.82) is 0 Å². The number of carbonyl (C=O) groups excluding carboxylic acids is 4. The van der Waals surface area contributed by atoms with Gasteiger partial charge < -0.3 is 25.8 Å². The van der Waals surface area contributed by atoms with E-state index in [0.29, 0.717) is 77.2 Å². The first-order valence-electron chi connectivity index (χ1n) is 22.0. The van der Waals surface area contributed by atoms with Gasteiger partial charge in [-0.05, 0) is 81.4 Å². The smallest absolute Gasteiger partial charge is 0.273 e. The molecule has 0 saturated carbocycles. The number of amides is 4. The monoisotopic (exact) mass is 973 g/mol. The number of aliphatic imine (C=N–C) groups is 3. The van der Waals surface area contributed by atoms with Crippen LogP contribution in [0, 0.1) is 0 Å². The van der Waals surface area contributed by atoms with Crippen molar-refractivity contribution in [2.75, 3.05) is 63.8 Å². The number of thiophene rings is 3. The molecule has 0 aromatic carbocycles. The zero-order chi connectivity index (χ0) is 47.1. The third kappa shape index (κ3) is 10.4. The summed E-state index contributed by atoms with van der Waals surface area (Å²) >= 11 is 4.25. The number of aromatic nitrogens is 4. The number of pyridine rings is 2. The molecule has 4 amide bonds. The van der Waals surface area contributed by atoms with Gasteiger partial charge in [-0.1, -0.05) is 30.3 Å². The predicted molar refractivity (Wildman–Crippen MR) is 267 cm³/mol. The van der Waals surface area contributed by atoms with E-state index >= 15 is 0 Å². The molecule has 17 nitrogen and oxygen atoms in total. The Bertz CT molecular complexity index is 3060. The molecular weight excluding hydrogens is 931 g/mol. The molecule has 3 N–H and O–H groups in total. The molecule has 0 aliphatic carbocycles. The molecule has 12 rings (SSSR count). The zero-order valence-corrected chi connectivity index (χ0v) is 39.4. The van der Waals surface area contributed by atoms with Gasteiger partial charge in [0, 0.05) is 80.8 Å². The van der Waals surface area contributed by atoms with E-state index in [-0.39, 0.29) is 23.6 Å². The van der Waals surface area contributed by atoms with Gasteiger partial charge in [0.15, 0.2) is 0 Å². The molecule has 346 valence electrons. The van der Waals surface area contributed by atoms with Gasteiger partial charge in [0.2, 0.25) is 5.95 Å². The van der Waals surface area contributed by atoms with Gasteiger partial charge in [0.05, 0.1) is 46.5 Å². The van der Waals surface area contributed by atoms with E-state index in [1.54, 1.807) is 53.8 Å². The number of hydrogen-bond donors (Lipinski definition) is 3. The van der Waals surface area contributed by atoms with Crippen molar-refractivity contribution in [3.05, 3.63) is 179 Å².